The van der Waals surface area contributed by atoms with Gasteiger partial charge in [-0.05, 0) is 18.1 Å². The lowest BCUT2D eigenvalue weighted by Gasteiger charge is -2.06. The Morgan fingerprint density at radius 2 is 1.87 bits per heavy atom. The molecule has 0 saturated carbocycles. The van der Waals surface area contributed by atoms with Crippen molar-refractivity contribution in [3.05, 3.63) is 42.2 Å². The van der Waals surface area contributed by atoms with Crippen LogP contribution in [0.2, 0.25) is 0 Å². The van der Waals surface area contributed by atoms with Gasteiger partial charge in [0.1, 0.15) is 0 Å². The van der Waals surface area contributed by atoms with Crippen LogP contribution in [0.15, 0.2) is 36.6 Å². The molecule has 0 unspecified atom stereocenters. The fourth-order valence-corrected chi connectivity index (χ4v) is 1.03. The van der Waals surface area contributed by atoms with E-state index in [1.165, 1.54) is 0 Å². The SMILES string of the molecule is CC(=COCC(F)(F)F)c1ccccc1. The molecule has 0 atom stereocenters. The standard InChI is InChI=1S/C11H11F3O/c1-9(7-15-8-11(12,13)14)10-5-3-2-4-6-10/h2-7H,8H2,1H3. The van der Waals surface area contributed by atoms with E-state index in [2.05, 4.69) is 4.74 Å². The molecule has 0 radical (unpaired) electrons. The van der Waals surface area contributed by atoms with E-state index in [4.69, 9.17) is 0 Å². The molecule has 82 valence electrons. The lowest BCUT2D eigenvalue weighted by molar-refractivity contribution is -0.161. The molecule has 4 heteroatoms. The molecule has 0 N–H and O–H groups in total. The number of halogens is 3. The van der Waals surface area contributed by atoms with E-state index >= 15 is 0 Å². The topological polar surface area (TPSA) is 9.23 Å². The third-order valence-corrected chi connectivity index (χ3v) is 1.74. The summed E-state index contributed by atoms with van der Waals surface area (Å²) in [6.07, 6.45) is -3.16. The maximum absolute atomic E-state index is 11.8. The molecule has 0 heterocycles. The molecule has 0 aliphatic rings. The van der Waals surface area contributed by atoms with Crippen LogP contribution in [0.3, 0.4) is 0 Å². The molecule has 0 amide bonds. The summed E-state index contributed by atoms with van der Waals surface area (Å²) in [6, 6.07) is 9.09. The third kappa shape index (κ3) is 4.54. The molecular formula is C11H11F3O. The van der Waals surface area contributed by atoms with Gasteiger partial charge in [0.25, 0.3) is 0 Å². The van der Waals surface area contributed by atoms with Crippen LogP contribution in [0, 0.1) is 0 Å². The Morgan fingerprint density at radius 3 is 2.40 bits per heavy atom. The zero-order valence-electron chi connectivity index (χ0n) is 8.21. The first kappa shape index (κ1) is 11.6. The van der Waals surface area contributed by atoms with Gasteiger partial charge in [-0.3, -0.25) is 0 Å². The number of hydrogen-bond donors (Lipinski definition) is 0. The normalized spacial score (nSPS) is 12.7. The lowest BCUT2D eigenvalue weighted by Crippen LogP contribution is -2.14. The summed E-state index contributed by atoms with van der Waals surface area (Å²) in [5.41, 5.74) is 1.51. The van der Waals surface area contributed by atoms with Crippen molar-refractivity contribution in [1.29, 1.82) is 0 Å². The minimum atomic E-state index is -4.28. The van der Waals surface area contributed by atoms with Gasteiger partial charge in [-0.2, -0.15) is 13.2 Å². The number of rotatable bonds is 3. The molecule has 15 heavy (non-hydrogen) atoms. The van der Waals surface area contributed by atoms with Gasteiger partial charge in [0.15, 0.2) is 6.61 Å². The minimum Gasteiger partial charge on any atom is -0.491 e. The van der Waals surface area contributed by atoms with Crippen molar-refractivity contribution in [2.45, 2.75) is 13.1 Å². The van der Waals surface area contributed by atoms with Crippen LogP contribution in [0.4, 0.5) is 13.2 Å². The summed E-state index contributed by atoms with van der Waals surface area (Å²) < 4.78 is 39.7. The van der Waals surface area contributed by atoms with Gasteiger partial charge in [-0.25, -0.2) is 0 Å². The highest BCUT2D eigenvalue weighted by molar-refractivity contribution is 5.62. The van der Waals surface area contributed by atoms with Crippen molar-refractivity contribution in [3.63, 3.8) is 0 Å². The Hall–Kier alpha value is -1.45. The van der Waals surface area contributed by atoms with E-state index < -0.39 is 12.8 Å². The summed E-state index contributed by atoms with van der Waals surface area (Å²) >= 11 is 0. The molecular weight excluding hydrogens is 205 g/mol. The molecule has 1 aromatic rings. The highest BCUT2D eigenvalue weighted by Gasteiger charge is 2.27. The van der Waals surface area contributed by atoms with E-state index in [1.807, 2.05) is 30.3 Å². The van der Waals surface area contributed by atoms with Crippen LogP contribution in [0.5, 0.6) is 0 Å². The summed E-state index contributed by atoms with van der Waals surface area (Å²) in [5, 5.41) is 0. The van der Waals surface area contributed by atoms with Crippen molar-refractivity contribution >= 4 is 5.57 Å². The smallest absolute Gasteiger partial charge is 0.422 e. The molecule has 0 aliphatic heterocycles. The Bertz CT molecular complexity index is 327. The number of ether oxygens (including phenoxy) is 1. The number of alkyl halides is 3. The highest BCUT2D eigenvalue weighted by atomic mass is 19.4. The zero-order valence-corrected chi connectivity index (χ0v) is 8.21. The van der Waals surface area contributed by atoms with Crippen LogP contribution in [0.1, 0.15) is 12.5 Å². The fraction of sp³-hybridized carbons (Fsp3) is 0.273. The number of benzene rings is 1. The maximum Gasteiger partial charge on any atom is 0.422 e. The Morgan fingerprint density at radius 1 is 1.27 bits per heavy atom. The monoisotopic (exact) mass is 216 g/mol. The lowest BCUT2D eigenvalue weighted by atomic mass is 10.1. The first-order valence-corrected chi connectivity index (χ1v) is 4.39. The van der Waals surface area contributed by atoms with E-state index in [9.17, 15) is 13.2 Å². The third-order valence-electron chi connectivity index (χ3n) is 1.74. The van der Waals surface area contributed by atoms with E-state index in [-0.39, 0.29) is 0 Å². The summed E-state index contributed by atoms with van der Waals surface area (Å²) in [7, 11) is 0. The van der Waals surface area contributed by atoms with E-state index in [0.29, 0.717) is 5.57 Å². The average Bonchev–Trinajstić information content (AvgIpc) is 2.17. The Labute approximate surface area is 86.2 Å². The fourth-order valence-electron chi connectivity index (χ4n) is 1.03. The molecule has 0 aliphatic carbocycles. The van der Waals surface area contributed by atoms with Crippen molar-refractivity contribution in [2.75, 3.05) is 6.61 Å². The van der Waals surface area contributed by atoms with Gasteiger partial charge in [0, 0.05) is 0 Å². The van der Waals surface area contributed by atoms with Gasteiger partial charge < -0.3 is 4.74 Å². The van der Waals surface area contributed by atoms with Crippen LogP contribution in [0.25, 0.3) is 5.57 Å². The second kappa shape index (κ2) is 4.87. The molecule has 0 fully saturated rings. The Kier molecular flexibility index (Phi) is 3.77. The summed E-state index contributed by atoms with van der Waals surface area (Å²) in [6.45, 7) is 0.447. The van der Waals surface area contributed by atoms with Crippen LogP contribution in [-0.4, -0.2) is 12.8 Å². The average molecular weight is 216 g/mol. The number of hydrogen-bond acceptors (Lipinski definition) is 1. The van der Waals surface area contributed by atoms with Crippen molar-refractivity contribution in [2.24, 2.45) is 0 Å². The van der Waals surface area contributed by atoms with Gasteiger partial charge in [-0.15, -0.1) is 0 Å². The van der Waals surface area contributed by atoms with Crippen molar-refractivity contribution in [3.8, 4) is 0 Å². The molecule has 0 spiro atoms. The highest BCUT2D eigenvalue weighted by Crippen LogP contribution is 2.17. The molecule has 1 nitrogen and oxygen atoms in total. The first-order chi connectivity index (χ1) is 6.99. The molecule has 0 bridgehead atoms. The minimum absolute atomic E-state index is 0.667. The predicted octanol–water partition coefficient (Wildman–Crippen LogP) is 3.63. The maximum atomic E-state index is 11.8. The van der Waals surface area contributed by atoms with Gasteiger partial charge in [-0.1, -0.05) is 30.3 Å². The zero-order chi connectivity index (χ0) is 11.3. The van der Waals surface area contributed by atoms with Crippen LogP contribution >= 0.6 is 0 Å². The van der Waals surface area contributed by atoms with Crippen LogP contribution < -0.4 is 0 Å². The second-order valence-corrected chi connectivity index (χ2v) is 3.09. The van der Waals surface area contributed by atoms with Gasteiger partial charge in [0.2, 0.25) is 0 Å². The Balaban J connectivity index is 2.54. The summed E-state index contributed by atoms with van der Waals surface area (Å²) in [4.78, 5) is 0. The van der Waals surface area contributed by atoms with Crippen molar-refractivity contribution < 1.29 is 17.9 Å². The largest absolute Gasteiger partial charge is 0.491 e. The van der Waals surface area contributed by atoms with Gasteiger partial charge in [0.05, 0.1) is 6.26 Å². The second-order valence-electron chi connectivity index (χ2n) is 3.09. The molecule has 1 rings (SSSR count). The predicted molar refractivity (Wildman–Crippen MR) is 52.1 cm³/mol. The van der Waals surface area contributed by atoms with Gasteiger partial charge >= 0.3 is 6.18 Å². The molecule has 0 saturated heterocycles. The van der Waals surface area contributed by atoms with E-state index in [0.717, 1.165) is 11.8 Å². The van der Waals surface area contributed by atoms with Crippen LogP contribution in [-0.2, 0) is 4.74 Å². The summed E-state index contributed by atoms with van der Waals surface area (Å²) in [5.74, 6) is 0. The quantitative estimate of drug-likeness (QED) is 0.701. The molecule has 0 aromatic heterocycles. The molecule has 1 aromatic carbocycles. The number of allylic oxidation sites excluding steroid dienone is 1. The first-order valence-electron chi connectivity index (χ1n) is 4.39. The van der Waals surface area contributed by atoms with E-state index in [1.54, 1.807) is 6.92 Å². The van der Waals surface area contributed by atoms with Crippen molar-refractivity contribution in [1.82, 2.24) is 0 Å².